The molecule has 94 valence electrons. The zero-order chi connectivity index (χ0) is 13.8. The first-order chi connectivity index (χ1) is 9.86. The molecule has 0 radical (unpaired) electrons. The van der Waals surface area contributed by atoms with Crippen LogP contribution in [0.4, 0.5) is 0 Å². The Hall–Kier alpha value is -3.06. The Morgan fingerprint density at radius 1 is 0.800 bits per heavy atom. The van der Waals surface area contributed by atoms with Gasteiger partial charge in [0.15, 0.2) is 11.6 Å². The van der Waals surface area contributed by atoms with Gasteiger partial charge in [-0.05, 0) is 12.1 Å². The summed E-state index contributed by atoms with van der Waals surface area (Å²) in [6, 6.07) is 19.1. The number of aromatic nitrogens is 3. The van der Waals surface area contributed by atoms with Crippen LogP contribution in [-0.2, 0) is 0 Å². The molecular weight excluding hydrogens is 248 g/mol. The summed E-state index contributed by atoms with van der Waals surface area (Å²) in [6.07, 6.45) is 1.49. The summed E-state index contributed by atoms with van der Waals surface area (Å²) >= 11 is 0. The summed E-state index contributed by atoms with van der Waals surface area (Å²) < 4.78 is 0. The van der Waals surface area contributed by atoms with E-state index >= 15 is 0 Å². The van der Waals surface area contributed by atoms with Crippen molar-refractivity contribution < 1.29 is 0 Å². The summed E-state index contributed by atoms with van der Waals surface area (Å²) in [5, 5.41) is 8.94. The van der Waals surface area contributed by atoms with Crippen LogP contribution >= 0.6 is 0 Å². The molecule has 0 bridgehead atoms. The van der Waals surface area contributed by atoms with Gasteiger partial charge in [0.1, 0.15) is 6.33 Å². The molecular formula is C16H10N4. The maximum atomic E-state index is 8.94. The fraction of sp³-hybridized carbons (Fsp3) is 0. The first-order valence-electron chi connectivity index (χ1n) is 6.12. The minimum Gasteiger partial charge on any atom is -0.217 e. The molecule has 4 nitrogen and oxygen atoms in total. The number of hydrogen-bond donors (Lipinski definition) is 0. The minimum atomic E-state index is 0.566. The molecule has 20 heavy (non-hydrogen) atoms. The number of benzene rings is 2. The summed E-state index contributed by atoms with van der Waals surface area (Å²) in [7, 11) is 0. The molecule has 3 rings (SSSR count). The smallest absolute Gasteiger partial charge is 0.163 e. The fourth-order valence-corrected chi connectivity index (χ4v) is 1.89. The van der Waals surface area contributed by atoms with Crippen molar-refractivity contribution in [3.8, 4) is 28.8 Å². The van der Waals surface area contributed by atoms with Gasteiger partial charge in [0.25, 0.3) is 0 Å². The Balaban J connectivity index is 2.06. The predicted molar refractivity (Wildman–Crippen MR) is 75.4 cm³/mol. The number of nitrogens with zero attached hydrogens (tertiary/aromatic N) is 4. The summed E-state index contributed by atoms with van der Waals surface area (Å²) in [6.45, 7) is 0. The largest absolute Gasteiger partial charge is 0.217 e. The molecule has 1 heterocycles. The van der Waals surface area contributed by atoms with Crippen molar-refractivity contribution in [3.63, 3.8) is 0 Å². The van der Waals surface area contributed by atoms with Crippen molar-refractivity contribution in [2.45, 2.75) is 0 Å². The molecule has 0 amide bonds. The standard InChI is InChI=1S/C16H10N4/c17-10-12-5-4-8-14(9-12)16-19-11-18-15(20-16)13-6-2-1-3-7-13/h1-9,11H. The second-order valence-corrected chi connectivity index (χ2v) is 4.19. The average molecular weight is 258 g/mol. The molecule has 0 atom stereocenters. The van der Waals surface area contributed by atoms with Gasteiger partial charge in [-0.1, -0.05) is 42.5 Å². The van der Waals surface area contributed by atoms with Crippen LogP contribution in [0.5, 0.6) is 0 Å². The predicted octanol–water partition coefficient (Wildman–Crippen LogP) is 3.08. The summed E-state index contributed by atoms with van der Waals surface area (Å²) in [5.41, 5.74) is 2.33. The van der Waals surface area contributed by atoms with Gasteiger partial charge < -0.3 is 0 Å². The van der Waals surface area contributed by atoms with Crippen LogP contribution in [0.2, 0.25) is 0 Å². The fourth-order valence-electron chi connectivity index (χ4n) is 1.89. The van der Waals surface area contributed by atoms with Crippen molar-refractivity contribution >= 4 is 0 Å². The molecule has 0 fully saturated rings. The molecule has 1 aromatic heterocycles. The first kappa shape index (κ1) is 12.0. The van der Waals surface area contributed by atoms with E-state index in [0.29, 0.717) is 17.2 Å². The van der Waals surface area contributed by atoms with Crippen molar-refractivity contribution in [2.24, 2.45) is 0 Å². The maximum Gasteiger partial charge on any atom is 0.163 e. The van der Waals surface area contributed by atoms with Crippen molar-refractivity contribution in [2.75, 3.05) is 0 Å². The lowest BCUT2D eigenvalue weighted by Gasteiger charge is -2.03. The number of nitriles is 1. The van der Waals surface area contributed by atoms with E-state index in [1.807, 2.05) is 42.5 Å². The third-order valence-electron chi connectivity index (χ3n) is 2.85. The average Bonchev–Trinajstić information content (AvgIpc) is 2.56. The lowest BCUT2D eigenvalue weighted by atomic mass is 10.1. The summed E-state index contributed by atoms with van der Waals surface area (Å²) in [4.78, 5) is 12.8. The molecule has 0 saturated carbocycles. The van der Waals surface area contributed by atoms with Crippen LogP contribution in [0, 0.1) is 11.3 Å². The minimum absolute atomic E-state index is 0.566. The molecule has 0 aliphatic carbocycles. The highest BCUT2D eigenvalue weighted by atomic mass is 15.0. The van der Waals surface area contributed by atoms with Gasteiger partial charge in [0.05, 0.1) is 11.6 Å². The van der Waals surface area contributed by atoms with Gasteiger partial charge in [0, 0.05) is 11.1 Å². The molecule has 0 aliphatic heterocycles. The van der Waals surface area contributed by atoms with Crippen LogP contribution in [0.25, 0.3) is 22.8 Å². The zero-order valence-corrected chi connectivity index (χ0v) is 10.6. The second-order valence-electron chi connectivity index (χ2n) is 4.19. The highest BCUT2D eigenvalue weighted by Gasteiger charge is 2.06. The van der Waals surface area contributed by atoms with Crippen molar-refractivity contribution in [1.29, 1.82) is 5.26 Å². The van der Waals surface area contributed by atoms with Crippen LogP contribution in [0.3, 0.4) is 0 Å². The Morgan fingerprint density at radius 3 is 2.25 bits per heavy atom. The lowest BCUT2D eigenvalue weighted by Crippen LogP contribution is -1.95. The van der Waals surface area contributed by atoms with Crippen LogP contribution in [0.1, 0.15) is 5.56 Å². The molecule has 3 aromatic rings. The molecule has 0 saturated heterocycles. The van der Waals surface area contributed by atoms with Gasteiger partial charge in [-0.2, -0.15) is 5.26 Å². The number of hydrogen-bond acceptors (Lipinski definition) is 4. The van der Waals surface area contributed by atoms with Crippen LogP contribution < -0.4 is 0 Å². The van der Waals surface area contributed by atoms with Crippen LogP contribution in [0.15, 0.2) is 60.9 Å². The molecule has 2 aromatic carbocycles. The molecule has 0 aliphatic rings. The topological polar surface area (TPSA) is 62.5 Å². The Bertz CT molecular complexity index is 776. The highest BCUT2D eigenvalue weighted by Crippen LogP contribution is 2.19. The Morgan fingerprint density at radius 2 is 1.50 bits per heavy atom. The van der Waals surface area contributed by atoms with Gasteiger partial charge >= 0.3 is 0 Å². The van der Waals surface area contributed by atoms with Crippen molar-refractivity contribution in [1.82, 2.24) is 15.0 Å². The van der Waals surface area contributed by atoms with E-state index in [-0.39, 0.29) is 0 Å². The first-order valence-corrected chi connectivity index (χ1v) is 6.12. The van der Waals surface area contributed by atoms with Gasteiger partial charge in [0.2, 0.25) is 0 Å². The third-order valence-corrected chi connectivity index (χ3v) is 2.85. The normalized spacial score (nSPS) is 9.95. The Kier molecular flexibility index (Phi) is 3.17. The zero-order valence-electron chi connectivity index (χ0n) is 10.6. The molecule has 0 spiro atoms. The van der Waals surface area contributed by atoms with E-state index in [1.165, 1.54) is 6.33 Å². The molecule has 0 unspecified atom stereocenters. The Labute approximate surface area is 116 Å². The summed E-state index contributed by atoms with van der Waals surface area (Å²) in [5.74, 6) is 1.19. The van der Waals surface area contributed by atoms with E-state index < -0.39 is 0 Å². The second kappa shape index (κ2) is 5.29. The van der Waals surface area contributed by atoms with E-state index in [4.69, 9.17) is 5.26 Å². The SMILES string of the molecule is N#Cc1cccc(-c2ncnc(-c3ccccc3)n2)c1. The molecule has 4 heteroatoms. The lowest BCUT2D eigenvalue weighted by molar-refractivity contribution is 1.06. The highest BCUT2D eigenvalue weighted by molar-refractivity contribution is 5.61. The quantitative estimate of drug-likeness (QED) is 0.708. The third kappa shape index (κ3) is 2.38. The monoisotopic (exact) mass is 258 g/mol. The van der Waals surface area contributed by atoms with E-state index in [0.717, 1.165) is 11.1 Å². The van der Waals surface area contributed by atoms with E-state index in [2.05, 4.69) is 21.0 Å². The van der Waals surface area contributed by atoms with Gasteiger partial charge in [-0.15, -0.1) is 0 Å². The van der Waals surface area contributed by atoms with E-state index in [1.54, 1.807) is 12.1 Å². The maximum absolute atomic E-state index is 8.94. The van der Waals surface area contributed by atoms with Crippen molar-refractivity contribution in [3.05, 3.63) is 66.5 Å². The van der Waals surface area contributed by atoms with Gasteiger partial charge in [-0.25, -0.2) is 15.0 Å². The van der Waals surface area contributed by atoms with E-state index in [9.17, 15) is 0 Å². The van der Waals surface area contributed by atoms with Crippen LogP contribution in [-0.4, -0.2) is 15.0 Å². The molecule has 0 N–H and O–H groups in total. The van der Waals surface area contributed by atoms with Gasteiger partial charge in [-0.3, -0.25) is 0 Å². The number of rotatable bonds is 2.